The van der Waals surface area contributed by atoms with E-state index >= 15 is 0 Å². The number of benzene rings is 1. The molecule has 124 valence electrons. The van der Waals surface area contributed by atoms with E-state index < -0.39 is 0 Å². The van der Waals surface area contributed by atoms with Crippen LogP contribution in [-0.2, 0) is 12.4 Å². The average Bonchev–Trinajstić information content (AvgIpc) is 3.04. The summed E-state index contributed by atoms with van der Waals surface area (Å²) in [5.74, 6) is 2.16. The molecule has 0 unspecified atom stereocenters. The van der Waals surface area contributed by atoms with Gasteiger partial charge >= 0.3 is 0 Å². The molecule has 23 heavy (non-hydrogen) atoms. The van der Waals surface area contributed by atoms with Gasteiger partial charge in [-0.25, -0.2) is 0 Å². The number of nitrogens with zero attached hydrogens (tertiary/aromatic N) is 1. The third kappa shape index (κ3) is 3.99. The number of hydrogen-bond acceptors (Lipinski definition) is 4. The SMILES string of the molecule is CCOc1c(CN(C)C(=O)c2ccc(CCl)o2)cccc1OC. The normalized spacial score (nSPS) is 10.4. The Morgan fingerprint density at radius 2 is 2.09 bits per heavy atom. The Morgan fingerprint density at radius 3 is 2.70 bits per heavy atom. The zero-order chi connectivity index (χ0) is 16.8. The van der Waals surface area contributed by atoms with Crippen molar-refractivity contribution in [2.75, 3.05) is 20.8 Å². The summed E-state index contributed by atoms with van der Waals surface area (Å²) in [6.07, 6.45) is 0. The summed E-state index contributed by atoms with van der Waals surface area (Å²) in [6, 6.07) is 8.93. The molecule has 0 N–H and O–H groups in total. The van der Waals surface area contributed by atoms with Crippen molar-refractivity contribution in [1.82, 2.24) is 4.90 Å². The van der Waals surface area contributed by atoms with Gasteiger partial charge in [0.2, 0.25) is 0 Å². The maximum Gasteiger partial charge on any atom is 0.289 e. The molecule has 0 radical (unpaired) electrons. The summed E-state index contributed by atoms with van der Waals surface area (Å²) in [5.41, 5.74) is 0.867. The molecule has 0 aliphatic heterocycles. The van der Waals surface area contributed by atoms with Crippen LogP contribution in [0.2, 0.25) is 0 Å². The van der Waals surface area contributed by atoms with Gasteiger partial charge in [-0.2, -0.15) is 0 Å². The molecule has 2 aromatic rings. The predicted octanol–water partition coefficient (Wildman–Crippen LogP) is 3.70. The molecular weight excluding hydrogens is 318 g/mol. The van der Waals surface area contributed by atoms with Crippen LogP contribution < -0.4 is 9.47 Å². The van der Waals surface area contributed by atoms with Crippen LogP contribution in [0.1, 0.15) is 28.8 Å². The van der Waals surface area contributed by atoms with Crippen LogP contribution in [0.15, 0.2) is 34.7 Å². The number of para-hydroxylation sites is 1. The smallest absolute Gasteiger partial charge is 0.289 e. The van der Waals surface area contributed by atoms with E-state index in [1.165, 1.54) is 0 Å². The standard InChI is InChI=1S/C17H20ClNO4/c1-4-22-16-12(6-5-7-14(16)21-3)11-19(2)17(20)15-9-8-13(10-18)23-15/h5-9H,4,10-11H2,1-3H3. The van der Waals surface area contributed by atoms with Crippen LogP contribution >= 0.6 is 11.6 Å². The van der Waals surface area contributed by atoms with E-state index in [9.17, 15) is 4.79 Å². The zero-order valence-corrected chi connectivity index (χ0v) is 14.2. The van der Waals surface area contributed by atoms with Gasteiger partial charge in [-0.15, -0.1) is 11.6 Å². The molecule has 1 aromatic heterocycles. The summed E-state index contributed by atoms with van der Waals surface area (Å²) in [6.45, 7) is 2.80. The highest BCUT2D eigenvalue weighted by molar-refractivity contribution is 6.16. The van der Waals surface area contributed by atoms with Gasteiger partial charge in [-0.05, 0) is 25.1 Å². The molecule has 0 aliphatic rings. The highest BCUT2D eigenvalue weighted by Gasteiger charge is 2.19. The van der Waals surface area contributed by atoms with Crippen molar-refractivity contribution in [3.63, 3.8) is 0 Å². The first kappa shape index (κ1) is 17.2. The minimum atomic E-state index is -0.216. The molecule has 0 aliphatic carbocycles. The van der Waals surface area contributed by atoms with Crippen LogP contribution in [0.25, 0.3) is 0 Å². The topological polar surface area (TPSA) is 51.9 Å². The highest BCUT2D eigenvalue weighted by Crippen LogP contribution is 2.32. The van der Waals surface area contributed by atoms with Crippen LogP contribution in [0, 0.1) is 0 Å². The molecule has 1 heterocycles. The molecule has 0 saturated carbocycles. The highest BCUT2D eigenvalue weighted by atomic mass is 35.5. The largest absolute Gasteiger partial charge is 0.493 e. The monoisotopic (exact) mass is 337 g/mol. The van der Waals surface area contributed by atoms with E-state index in [4.69, 9.17) is 25.5 Å². The van der Waals surface area contributed by atoms with Crippen LogP contribution in [-0.4, -0.2) is 31.6 Å². The lowest BCUT2D eigenvalue weighted by Crippen LogP contribution is -2.26. The molecule has 0 fully saturated rings. The van der Waals surface area contributed by atoms with E-state index in [1.54, 1.807) is 31.2 Å². The molecule has 0 atom stereocenters. The average molecular weight is 338 g/mol. The van der Waals surface area contributed by atoms with Gasteiger partial charge < -0.3 is 18.8 Å². The van der Waals surface area contributed by atoms with Gasteiger partial charge in [-0.1, -0.05) is 12.1 Å². The quantitative estimate of drug-likeness (QED) is 0.723. The number of methoxy groups -OCH3 is 1. The van der Waals surface area contributed by atoms with Crippen molar-refractivity contribution in [1.29, 1.82) is 0 Å². The molecule has 0 spiro atoms. The summed E-state index contributed by atoms with van der Waals surface area (Å²) < 4.78 is 16.4. The second-order valence-corrected chi connectivity index (χ2v) is 5.21. The van der Waals surface area contributed by atoms with Crippen molar-refractivity contribution in [2.45, 2.75) is 19.3 Å². The molecule has 2 rings (SSSR count). The van der Waals surface area contributed by atoms with Crippen molar-refractivity contribution in [3.8, 4) is 11.5 Å². The van der Waals surface area contributed by atoms with Crippen molar-refractivity contribution < 1.29 is 18.7 Å². The Balaban J connectivity index is 2.19. The van der Waals surface area contributed by atoms with Crippen LogP contribution in [0.4, 0.5) is 0 Å². The lowest BCUT2D eigenvalue weighted by molar-refractivity contribution is 0.0750. The number of carbonyl (C=O) groups is 1. The van der Waals surface area contributed by atoms with Gasteiger partial charge in [0.05, 0.1) is 19.6 Å². The molecular formula is C17H20ClNO4. The maximum atomic E-state index is 12.4. The Bertz CT molecular complexity index is 668. The number of amides is 1. The van der Waals surface area contributed by atoms with E-state index in [0.29, 0.717) is 30.4 Å². The van der Waals surface area contributed by atoms with Gasteiger partial charge in [0.25, 0.3) is 5.91 Å². The van der Waals surface area contributed by atoms with Crippen molar-refractivity contribution >= 4 is 17.5 Å². The fraction of sp³-hybridized carbons (Fsp3) is 0.353. The lowest BCUT2D eigenvalue weighted by Gasteiger charge is -2.19. The molecule has 1 amide bonds. The minimum Gasteiger partial charge on any atom is -0.493 e. The number of carbonyl (C=O) groups excluding carboxylic acids is 1. The number of rotatable bonds is 7. The summed E-state index contributed by atoms with van der Waals surface area (Å²) in [4.78, 5) is 14.0. The number of halogens is 1. The zero-order valence-electron chi connectivity index (χ0n) is 13.5. The molecule has 1 aromatic carbocycles. The minimum absolute atomic E-state index is 0.216. The van der Waals surface area contributed by atoms with E-state index in [0.717, 1.165) is 5.56 Å². The number of alkyl halides is 1. The van der Waals surface area contributed by atoms with Crippen LogP contribution in [0.5, 0.6) is 11.5 Å². The van der Waals surface area contributed by atoms with E-state index in [-0.39, 0.29) is 17.5 Å². The number of ether oxygens (including phenoxy) is 2. The predicted molar refractivity (Wildman–Crippen MR) is 88.2 cm³/mol. The third-order valence-electron chi connectivity index (χ3n) is 3.33. The Kier molecular flexibility index (Phi) is 5.93. The second-order valence-electron chi connectivity index (χ2n) is 4.94. The Hall–Kier alpha value is -2.14. The van der Waals surface area contributed by atoms with Crippen LogP contribution in [0.3, 0.4) is 0 Å². The van der Waals surface area contributed by atoms with Crippen molar-refractivity contribution in [3.05, 3.63) is 47.4 Å². The first-order chi connectivity index (χ1) is 11.1. The fourth-order valence-electron chi connectivity index (χ4n) is 2.23. The number of hydrogen-bond donors (Lipinski definition) is 0. The molecule has 6 heteroatoms. The van der Waals surface area contributed by atoms with Gasteiger partial charge in [0.15, 0.2) is 17.3 Å². The molecule has 5 nitrogen and oxygen atoms in total. The van der Waals surface area contributed by atoms with E-state index in [1.807, 2.05) is 25.1 Å². The summed E-state index contributed by atoms with van der Waals surface area (Å²) in [5, 5.41) is 0. The fourth-order valence-corrected chi connectivity index (χ4v) is 2.38. The van der Waals surface area contributed by atoms with Gasteiger partial charge in [0.1, 0.15) is 5.76 Å². The van der Waals surface area contributed by atoms with Crippen molar-refractivity contribution in [2.24, 2.45) is 0 Å². The second kappa shape index (κ2) is 7.92. The maximum absolute atomic E-state index is 12.4. The molecule has 0 bridgehead atoms. The third-order valence-corrected chi connectivity index (χ3v) is 3.59. The van der Waals surface area contributed by atoms with Gasteiger partial charge in [-0.3, -0.25) is 4.79 Å². The Labute approximate surface area is 140 Å². The van der Waals surface area contributed by atoms with Gasteiger partial charge in [0, 0.05) is 19.2 Å². The number of furan rings is 1. The Morgan fingerprint density at radius 1 is 1.30 bits per heavy atom. The molecule has 0 saturated heterocycles. The summed E-state index contributed by atoms with van der Waals surface area (Å²) >= 11 is 5.69. The lowest BCUT2D eigenvalue weighted by atomic mass is 10.1. The first-order valence-corrected chi connectivity index (χ1v) is 7.83. The first-order valence-electron chi connectivity index (χ1n) is 7.29. The van der Waals surface area contributed by atoms with E-state index in [2.05, 4.69) is 0 Å². The summed E-state index contributed by atoms with van der Waals surface area (Å²) in [7, 11) is 3.30.